The number of pyridine rings is 3. The van der Waals surface area contributed by atoms with Gasteiger partial charge in [0.25, 0.3) is 0 Å². The maximum atomic E-state index is 12.9. The standard InChI is InChI=1S/C26H25F3N8/c27-26(28,29)18-4-5-21(33-13-18)35-22-12-17(6-7-32-22)24-34-20-15-31-14-19(16-2-1-3-16)23(20)25(36-24)37-10-8-30-9-11-37/h4-7,12-16,30H,1-3,8-11H2,(H,32,33,35). The molecule has 11 heteroatoms. The molecule has 2 fully saturated rings. The van der Waals surface area contributed by atoms with E-state index in [4.69, 9.17) is 9.97 Å². The molecule has 0 amide bonds. The van der Waals surface area contributed by atoms with Crippen LogP contribution in [0.15, 0.2) is 49.1 Å². The summed E-state index contributed by atoms with van der Waals surface area (Å²) in [4.78, 5) is 24.9. The van der Waals surface area contributed by atoms with Gasteiger partial charge in [-0.25, -0.2) is 19.9 Å². The average Bonchev–Trinajstić information content (AvgIpc) is 2.88. The molecule has 1 saturated heterocycles. The zero-order valence-electron chi connectivity index (χ0n) is 20.0. The SMILES string of the molecule is FC(F)(F)c1ccc(Nc2cc(-c3nc(N4CCNCC4)c4c(C5CCC5)cncc4n3)ccn2)nc1. The second-order valence-electron chi connectivity index (χ2n) is 9.34. The highest BCUT2D eigenvalue weighted by atomic mass is 19.4. The van der Waals surface area contributed by atoms with Crippen molar-refractivity contribution in [2.24, 2.45) is 0 Å². The van der Waals surface area contributed by atoms with Gasteiger partial charge in [0.15, 0.2) is 5.82 Å². The van der Waals surface area contributed by atoms with E-state index in [0.717, 1.165) is 73.6 Å². The van der Waals surface area contributed by atoms with Gasteiger partial charge in [0, 0.05) is 55.7 Å². The van der Waals surface area contributed by atoms with E-state index in [1.807, 2.05) is 12.3 Å². The molecule has 0 bridgehead atoms. The highest BCUT2D eigenvalue weighted by molar-refractivity contribution is 5.94. The lowest BCUT2D eigenvalue weighted by molar-refractivity contribution is -0.137. The van der Waals surface area contributed by atoms with E-state index in [-0.39, 0.29) is 5.82 Å². The summed E-state index contributed by atoms with van der Waals surface area (Å²) in [6, 6.07) is 5.85. The number of rotatable bonds is 5. The molecule has 8 nitrogen and oxygen atoms in total. The summed E-state index contributed by atoms with van der Waals surface area (Å²) in [5, 5.41) is 7.45. The highest BCUT2D eigenvalue weighted by Crippen LogP contribution is 2.42. The molecule has 0 aromatic carbocycles. The van der Waals surface area contributed by atoms with Gasteiger partial charge in [-0.2, -0.15) is 13.2 Å². The van der Waals surface area contributed by atoms with E-state index in [2.05, 4.69) is 30.5 Å². The molecule has 0 atom stereocenters. The van der Waals surface area contributed by atoms with E-state index in [1.165, 1.54) is 18.1 Å². The summed E-state index contributed by atoms with van der Waals surface area (Å²) in [6.45, 7) is 3.46. The lowest BCUT2D eigenvalue weighted by Gasteiger charge is -2.32. The van der Waals surface area contributed by atoms with Crippen molar-refractivity contribution >= 4 is 28.4 Å². The average molecular weight is 507 g/mol. The number of alkyl halides is 3. The van der Waals surface area contributed by atoms with E-state index >= 15 is 0 Å². The van der Waals surface area contributed by atoms with E-state index in [9.17, 15) is 13.2 Å². The van der Waals surface area contributed by atoms with Gasteiger partial charge in [-0.3, -0.25) is 4.98 Å². The molecule has 2 N–H and O–H groups in total. The van der Waals surface area contributed by atoms with Gasteiger partial charge in [0.2, 0.25) is 0 Å². The number of fused-ring (bicyclic) bond motifs is 1. The fourth-order valence-electron chi connectivity index (χ4n) is 4.76. The monoisotopic (exact) mass is 506 g/mol. The molecule has 1 aliphatic heterocycles. The van der Waals surface area contributed by atoms with Crippen LogP contribution in [0, 0.1) is 0 Å². The molecule has 0 unspecified atom stereocenters. The Labute approximate surface area is 211 Å². The Morgan fingerprint density at radius 3 is 2.49 bits per heavy atom. The molecule has 1 aliphatic carbocycles. The molecule has 0 spiro atoms. The third kappa shape index (κ3) is 4.78. The van der Waals surface area contributed by atoms with E-state index in [1.54, 1.807) is 18.5 Å². The molecule has 1 saturated carbocycles. The predicted molar refractivity (Wildman–Crippen MR) is 135 cm³/mol. The van der Waals surface area contributed by atoms with E-state index < -0.39 is 11.7 Å². The largest absolute Gasteiger partial charge is 0.417 e. The van der Waals surface area contributed by atoms with E-state index in [0.29, 0.717) is 17.6 Å². The normalized spacial score (nSPS) is 16.6. The smallest absolute Gasteiger partial charge is 0.353 e. The Balaban J connectivity index is 1.37. The van der Waals surface area contributed by atoms with Crippen LogP contribution in [0.4, 0.5) is 30.6 Å². The predicted octanol–water partition coefficient (Wildman–Crippen LogP) is 4.92. The van der Waals surface area contributed by atoms with Crippen molar-refractivity contribution in [2.75, 3.05) is 36.4 Å². The molecule has 37 heavy (non-hydrogen) atoms. The van der Waals surface area contributed by atoms with Gasteiger partial charge >= 0.3 is 6.18 Å². The Hall–Kier alpha value is -3.86. The zero-order chi connectivity index (χ0) is 25.4. The maximum absolute atomic E-state index is 12.9. The first-order valence-electron chi connectivity index (χ1n) is 12.3. The number of nitrogens with one attached hydrogen (secondary N) is 2. The third-order valence-corrected chi connectivity index (χ3v) is 6.94. The quantitative estimate of drug-likeness (QED) is 0.394. The highest BCUT2D eigenvalue weighted by Gasteiger charge is 2.31. The van der Waals surface area contributed by atoms with Gasteiger partial charge in [0.1, 0.15) is 17.5 Å². The van der Waals surface area contributed by atoms with Gasteiger partial charge in [-0.15, -0.1) is 0 Å². The second kappa shape index (κ2) is 9.55. The van der Waals surface area contributed by atoms with Crippen LogP contribution in [0.1, 0.15) is 36.3 Å². The summed E-state index contributed by atoms with van der Waals surface area (Å²) >= 11 is 0. The molecule has 190 valence electrons. The topological polar surface area (TPSA) is 91.8 Å². The van der Waals surface area contributed by atoms with Crippen molar-refractivity contribution in [1.29, 1.82) is 0 Å². The summed E-state index contributed by atoms with van der Waals surface area (Å²) in [7, 11) is 0. The van der Waals surface area contributed by atoms with Crippen molar-refractivity contribution < 1.29 is 13.2 Å². The summed E-state index contributed by atoms with van der Waals surface area (Å²) in [5.74, 6) is 2.63. The molecular weight excluding hydrogens is 481 g/mol. The molecule has 6 rings (SSSR count). The van der Waals surface area contributed by atoms with Crippen LogP contribution in [0.25, 0.3) is 22.3 Å². The Kier molecular flexibility index (Phi) is 6.07. The molecule has 0 radical (unpaired) electrons. The van der Waals surface area contributed by atoms with Crippen LogP contribution < -0.4 is 15.5 Å². The number of nitrogens with zero attached hydrogens (tertiary/aromatic N) is 6. The first-order chi connectivity index (χ1) is 18.0. The first kappa shape index (κ1) is 23.5. The van der Waals surface area contributed by atoms with Gasteiger partial charge < -0.3 is 15.5 Å². The van der Waals surface area contributed by atoms with Crippen LogP contribution in [0.5, 0.6) is 0 Å². The summed E-state index contributed by atoms with van der Waals surface area (Å²) in [6.07, 6.45) is 5.26. The molecule has 2 aliphatic rings. The minimum Gasteiger partial charge on any atom is -0.353 e. The molecule has 5 heterocycles. The Morgan fingerprint density at radius 2 is 1.78 bits per heavy atom. The van der Waals surface area contributed by atoms with Gasteiger partial charge in [0.05, 0.1) is 17.3 Å². The van der Waals surface area contributed by atoms with Crippen LogP contribution in [0.2, 0.25) is 0 Å². The lowest BCUT2D eigenvalue weighted by atomic mass is 9.79. The van der Waals surface area contributed by atoms with Gasteiger partial charge in [-0.05, 0) is 48.6 Å². The summed E-state index contributed by atoms with van der Waals surface area (Å²) < 4.78 is 38.6. The van der Waals surface area contributed by atoms with Crippen LogP contribution in [-0.2, 0) is 6.18 Å². The van der Waals surface area contributed by atoms with Crippen LogP contribution in [-0.4, -0.2) is 51.1 Å². The number of piperazine rings is 1. The number of hydrogen-bond donors (Lipinski definition) is 2. The van der Waals surface area contributed by atoms with Crippen molar-refractivity contribution in [3.05, 3.63) is 60.2 Å². The minimum atomic E-state index is -4.44. The van der Waals surface area contributed by atoms with Crippen molar-refractivity contribution in [2.45, 2.75) is 31.4 Å². The second-order valence-corrected chi connectivity index (χ2v) is 9.34. The molecule has 4 aromatic heterocycles. The minimum absolute atomic E-state index is 0.257. The van der Waals surface area contributed by atoms with Gasteiger partial charge in [-0.1, -0.05) is 6.42 Å². The first-order valence-corrected chi connectivity index (χ1v) is 12.3. The third-order valence-electron chi connectivity index (χ3n) is 6.94. The summed E-state index contributed by atoms with van der Waals surface area (Å²) in [5.41, 5.74) is 1.95. The fourth-order valence-corrected chi connectivity index (χ4v) is 4.76. The zero-order valence-corrected chi connectivity index (χ0v) is 20.0. The maximum Gasteiger partial charge on any atom is 0.417 e. The van der Waals surface area contributed by atoms with Crippen LogP contribution in [0.3, 0.4) is 0 Å². The van der Waals surface area contributed by atoms with Crippen molar-refractivity contribution in [1.82, 2.24) is 30.2 Å². The number of anilines is 3. The van der Waals surface area contributed by atoms with Crippen molar-refractivity contribution in [3.8, 4) is 11.4 Å². The lowest BCUT2D eigenvalue weighted by Crippen LogP contribution is -2.44. The van der Waals surface area contributed by atoms with Crippen molar-refractivity contribution in [3.63, 3.8) is 0 Å². The number of halogens is 3. The van der Waals surface area contributed by atoms with Crippen LogP contribution >= 0.6 is 0 Å². The number of hydrogen-bond acceptors (Lipinski definition) is 8. The fraction of sp³-hybridized carbons (Fsp3) is 0.346. The Bertz CT molecular complexity index is 1410. The molecular formula is C26H25F3N8. The number of aromatic nitrogens is 5. The Morgan fingerprint density at radius 1 is 0.946 bits per heavy atom. The molecule has 4 aromatic rings.